The second kappa shape index (κ2) is 9.37. The number of nitrogens with one attached hydrogen (secondary N) is 1. The minimum Gasteiger partial charge on any atom is -0.495 e. The van der Waals surface area contributed by atoms with Crippen molar-refractivity contribution in [1.82, 2.24) is 5.32 Å². The molecule has 23 heavy (non-hydrogen) atoms. The first-order valence-corrected chi connectivity index (χ1v) is 7.66. The van der Waals surface area contributed by atoms with E-state index in [0.717, 1.165) is 5.56 Å². The molecule has 1 N–H and O–H groups in total. The van der Waals surface area contributed by atoms with Crippen LogP contribution in [0.25, 0.3) is 0 Å². The second-order valence-corrected chi connectivity index (χ2v) is 5.44. The Bertz CT molecular complexity index is 563. The van der Waals surface area contributed by atoms with E-state index in [1.807, 2.05) is 6.92 Å². The predicted molar refractivity (Wildman–Crippen MR) is 90.3 cm³/mol. The van der Waals surface area contributed by atoms with Crippen molar-refractivity contribution in [2.24, 2.45) is 0 Å². The Morgan fingerprint density at radius 1 is 1.30 bits per heavy atom. The highest BCUT2D eigenvalue weighted by atomic mass is 35.5. The van der Waals surface area contributed by atoms with Crippen molar-refractivity contribution in [3.8, 4) is 5.75 Å². The number of carbonyl (C=O) groups is 2. The summed E-state index contributed by atoms with van der Waals surface area (Å²) in [5, 5.41) is 3.29. The number of rotatable bonds is 8. The Hall–Kier alpha value is -1.79. The van der Waals surface area contributed by atoms with E-state index in [-0.39, 0.29) is 24.8 Å². The number of ether oxygens (including phenoxy) is 2. The zero-order valence-corrected chi connectivity index (χ0v) is 14.7. The lowest BCUT2D eigenvalue weighted by atomic mass is 10.1. The van der Waals surface area contributed by atoms with Crippen LogP contribution in [-0.4, -0.2) is 45.7 Å². The van der Waals surface area contributed by atoms with Crippen LogP contribution >= 0.6 is 11.6 Å². The lowest BCUT2D eigenvalue weighted by Crippen LogP contribution is -2.35. The number of benzene rings is 1. The third-order valence-corrected chi connectivity index (χ3v) is 3.73. The minimum atomic E-state index is -0.172. The van der Waals surface area contributed by atoms with Gasteiger partial charge in [0, 0.05) is 44.6 Å². The number of amides is 2. The molecule has 0 aliphatic heterocycles. The number of carbonyl (C=O) groups excluding carboxylic acids is 2. The molecule has 6 nitrogen and oxygen atoms in total. The van der Waals surface area contributed by atoms with Crippen LogP contribution in [0.2, 0.25) is 5.02 Å². The number of anilines is 1. The number of aryl methyl sites for hydroxylation is 1. The molecular weight excluding hydrogens is 320 g/mol. The maximum atomic E-state index is 12.0. The summed E-state index contributed by atoms with van der Waals surface area (Å²) in [6.45, 7) is 4.45. The van der Waals surface area contributed by atoms with Gasteiger partial charge in [-0.25, -0.2) is 0 Å². The summed E-state index contributed by atoms with van der Waals surface area (Å²) < 4.78 is 10.2. The van der Waals surface area contributed by atoms with Crippen molar-refractivity contribution in [3.63, 3.8) is 0 Å². The SMILES string of the molecule is COCCNC(=O)CCN(C(C)=O)c1cc(C)c(Cl)cc1OC. The van der Waals surface area contributed by atoms with Crippen molar-refractivity contribution in [2.75, 3.05) is 38.8 Å². The predicted octanol–water partition coefficient (Wildman–Crippen LogP) is 2.16. The van der Waals surface area contributed by atoms with Crippen LogP contribution in [0.15, 0.2) is 12.1 Å². The molecule has 0 spiro atoms. The highest BCUT2D eigenvalue weighted by Crippen LogP contribution is 2.34. The van der Waals surface area contributed by atoms with Gasteiger partial charge in [0.05, 0.1) is 19.4 Å². The van der Waals surface area contributed by atoms with Gasteiger partial charge in [-0.2, -0.15) is 0 Å². The maximum Gasteiger partial charge on any atom is 0.223 e. The van der Waals surface area contributed by atoms with E-state index >= 15 is 0 Å². The Morgan fingerprint density at radius 3 is 2.57 bits per heavy atom. The Kier molecular flexibility index (Phi) is 7.85. The summed E-state index contributed by atoms with van der Waals surface area (Å²) >= 11 is 6.09. The lowest BCUT2D eigenvalue weighted by molar-refractivity contribution is -0.121. The maximum absolute atomic E-state index is 12.0. The molecule has 0 radical (unpaired) electrons. The van der Waals surface area contributed by atoms with Gasteiger partial charge in [-0.1, -0.05) is 11.6 Å². The van der Waals surface area contributed by atoms with Gasteiger partial charge >= 0.3 is 0 Å². The number of halogens is 1. The zero-order valence-electron chi connectivity index (χ0n) is 13.9. The third kappa shape index (κ3) is 5.73. The summed E-state index contributed by atoms with van der Waals surface area (Å²) in [6, 6.07) is 3.45. The van der Waals surface area contributed by atoms with Gasteiger partial charge in [0.2, 0.25) is 11.8 Å². The lowest BCUT2D eigenvalue weighted by Gasteiger charge is -2.24. The monoisotopic (exact) mass is 342 g/mol. The summed E-state index contributed by atoms with van der Waals surface area (Å²) in [7, 11) is 3.08. The van der Waals surface area contributed by atoms with E-state index in [1.165, 1.54) is 18.9 Å². The van der Waals surface area contributed by atoms with Gasteiger partial charge in [0.25, 0.3) is 0 Å². The molecular formula is C16H23ClN2O4. The quantitative estimate of drug-likeness (QED) is 0.735. The van der Waals surface area contributed by atoms with E-state index in [0.29, 0.717) is 29.6 Å². The highest BCUT2D eigenvalue weighted by Gasteiger charge is 2.18. The number of hydrogen-bond donors (Lipinski definition) is 1. The van der Waals surface area contributed by atoms with Gasteiger partial charge in [0.1, 0.15) is 5.75 Å². The van der Waals surface area contributed by atoms with Gasteiger partial charge in [-0.05, 0) is 18.6 Å². The van der Waals surface area contributed by atoms with Crippen LogP contribution in [0.4, 0.5) is 5.69 Å². The molecule has 7 heteroatoms. The molecule has 0 aliphatic rings. The molecule has 1 rings (SSSR count). The van der Waals surface area contributed by atoms with Crippen LogP contribution in [0.5, 0.6) is 5.75 Å². The van der Waals surface area contributed by atoms with Crippen LogP contribution in [0.3, 0.4) is 0 Å². The van der Waals surface area contributed by atoms with E-state index in [4.69, 9.17) is 21.1 Å². The second-order valence-electron chi connectivity index (χ2n) is 5.04. The Balaban J connectivity index is 2.85. The average Bonchev–Trinajstić information content (AvgIpc) is 2.50. The standard InChI is InChI=1S/C16H23ClN2O4/c1-11-9-14(15(23-4)10-13(11)17)19(12(2)20)7-5-16(21)18-6-8-22-3/h9-10H,5-8H2,1-4H3,(H,18,21). The average molecular weight is 343 g/mol. The molecule has 0 aromatic heterocycles. The summed E-state index contributed by atoms with van der Waals surface area (Å²) in [4.78, 5) is 25.3. The fraction of sp³-hybridized carbons (Fsp3) is 0.500. The van der Waals surface area contributed by atoms with E-state index in [9.17, 15) is 9.59 Å². The van der Waals surface area contributed by atoms with E-state index in [1.54, 1.807) is 19.2 Å². The topological polar surface area (TPSA) is 67.9 Å². The zero-order chi connectivity index (χ0) is 17.4. The van der Waals surface area contributed by atoms with Crippen molar-refractivity contribution >= 4 is 29.1 Å². The van der Waals surface area contributed by atoms with Crippen molar-refractivity contribution in [2.45, 2.75) is 20.3 Å². The molecule has 0 saturated heterocycles. The first-order chi connectivity index (χ1) is 10.9. The highest BCUT2D eigenvalue weighted by molar-refractivity contribution is 6.31. The Morgan fingerprint density at radius 2 is 2.00 bits per heavy atom. The van der Waals surface area contributed by atoms with Gasteiger partial charge in [-0.15, -0.1) is 0 Å². The molecule has 0 heterocycles. The molecule has 0 aliphatic carbocycles. The van der Waals surface area contributed by atoms with Gasteiger partial charge < -0.3 is 19.7 Å². The van der Waals surface area contributed by atoms with Crippen LogP contribution in [0.1, 0.15) is 18.9 Å². The van der Waals surface area contributed by atoms with Crippen LogP contribution < -0.4 is 15.0 Å². The molecule has 0 bridgehead atoms. The molecule has 1 aromatic rings. The van der Waals surface area contributed by atoms with Crippen molar-refractivity contribution in [1.29, 1.82) is 0 Å². The largest absolute Gasteiger partial charge is 0.495 e. The van der Waals surface area contributed by atoms with Crippen molar-refractivity contribution < 1.29 is 19.1 Å². The summed E-state index contributed by atoms with van der Waals surface area (Å²) in [6.07, 6.45) is 0.189. The number of methoxy groups -OCH3 is 2. The Labute approximate surface area is 141 Å². The third-order valence-electron chi connectivity index (χ3n) is 3.32. The van der Waals surface area contributed by atoms with Crippen LogP contribution in [-0.2, 0) is 14.3 Å². The molecule has 0 unspecified atom stereocenters. The number of hydrogen-bond acceptors (Lipinski definition) is 4. The minimum absolute atomic E-state index is 0.141. The number of nitrogens with zero attached hydrogens (tertiary/aromatic N) is 1. The van der Waals surface area contributed by atoms with E-state index in [2.05, 4.69) is 5.32 Å². The van der Waals surface area contributed by atoms with Gasteiger partial charge in [0.15, 0.2) is 0 Å². The van der Waals surface area contributed by atoms with Crippen LogP contribution in [0, 0.1) is 6.92 Å². The fourth-order valence-corrected chi connectivity index (χ4v) is 2.22. The molecule has 0 saturated carbocycles. The summed E-state index contributed by atoms with van der Waals surface area (Å²) in [5.74, 6) is 0.184. The molecule has 128 valence electrons. The normalized spacial score (nSPS) is 10.3. The molecule has 0 atom stereocenters. The smallest absolute Gasteiger partial charge is 0.223 e. The first kappa shape index (κ1) is 19.3. The van der Waals surface area contributed by atoms with Crippen molar-refractivity contribution in [3.05, 3.63) is 22.7 Å². The molecule has 0 fully saturated rings. The molecule has 1 aromatic carbocycles. The molecule has 2 amide bonds. The van der Waals surface area contributed by atoms with E-state index < -0.39 is 0 Å². The summed E-state index contributed by atoms with van der Waals surface area (Å²) in [5.41, 5.74) is 1.44. The van der Waals surface area contributed by atoms with Gasteiger partial charge in [-0.3, -0.25) is 9.59 Å². The first-order valence-electron chi connectivity index (χ1n) is 7.28. The fourth-order valence-electron chi connectivity index (χ4n) is 2.06.